The Kier molecular flexibility index (Phi) is 5.08. The lowest BCUT2D eigenvalue weighted by Gasteiger charge is -2.02. The largest absolute Gasteiger partial charge is 0.480 e. The van der Waals surface area contributed by atoms with Crippen molar-refractivity contribution in [2.24, 2.45) is 11.8 Å². The second kappa shape index (κ2) is 5.79. The van der Waals surface area contributed by atoms with Crippen molar-refractivity contribution in [2.75, 3.05) is 0 Å². The predicted octanol–water partition coefficient (Wildman–Crippen LogP) is 0.122. The summed E-state index contributed by atoms with van der Waals surface area (Å²) < 4.78 is 0. The van der Waals surface area contributed by atoms with Crippen molar-refractivity contribution in [2.45, 2.75) is 13.8 Å². The van der Waals surface area contributed by atoms with Crippen molar-refractivity contribution in [3.63, 3.8) is 0 Å². The number of carbonyl (C=O) groups excluding carboxylic acids is 2. The number of allylic oxidation sites excluding steroid dienone is 1. The molecular weight excluding hydrogens is 216 g/mol. The van der Waals surface area contributed by atoms with Gasteiger partial charge in [0.2, 0.25) is 0 Å². The van der Waals surface area contributed by atoms with Crippen molar-refractivity contribution < 1.29 is 29.4 Å². The smallest absolute Gasteiger partial charge is 0.373 e. The highest BCUT2D eigenvalue weighted by molar-refractivity contribution is 6.37. The van der Waals surface area contributed by atoms with Crippen molar-refractivity contribution in [1.82, 2.24) is 0 Å². The Labute approximate surface area is 91.6 Å². The number of aliphatic carboxylic acids is 2. The molecule has 2 N–H and O–H groups in total. The maximum atomic E-state index is 11.1. The highest BCUT2D eigenvalue weighted by Crippen LogP contribution is 2.04. The van der Waals surface area contributed by atoms with E-state index in [-0.39, 0.29) is 11.7 Å². The van der Waals surface area contributed by atoms with Gasteiger partial charge in [-0.3, -0.25) is 14.4 Å². The number of rotatable bonds is 6. The average molecular weight is 228 g/mol. The van der Waals surface area contributed by atoms with Crippen LogP contribution in [0.1, 0.15) is 13.8 Å². The first kappa shape index (κ1) is 14.0. The van der Waals surface area contributed by atoms with Gasteiger partial charge in [0.15, 0.2) is 5.78 Å². The minimum Gasteiger partial charge on any atom is -0.480 e. The Hall–Kier alpha value is -1.98. The second-order valence-electron chi connectivity index (χ2n) is 3.40. The normalized spacial score (nSPS) is 12.7. The summed E-state index contributed by atoms with van der Waals surface area (Å²) in [6.07, 6.45) is 1.71. The summed E-state index contributed by atoms with van der Waals surface area (Å²) in [5.41, 5.74) is 0. The van der Waals surface area contributed by atoms with E-state index in [0.29, 0.717) is 0 Å². The average Bonchev–Trinajstić information content (AvgIpc) is 2.16. The topological polar surface area (TPSA) is 109 Å². The zero-order valence-corrected chi connectivity index (χ0v) is 8.84. The van der Waals surface area contributed by atoms with Crippen LogP contribution in [0.15, 0.2) is 12.2 Å². The van der Waals surface area contributed by atoms with Gasteiger partial charge in [-0.2, -0.15) is 0 Å². The quantitative estimate of drug-likeness (QED) is 0.379. The molecule has 0 aromatic rings. The second-order valence-corrected chi connectivity index (χ2v) is 3.40. The van der Waals surface area contributed by atoms with E-state index >= 15 is 0 Å². The van der Waals surface area contributed by atoms with Crippen LogP contribution in [-0.4, -0.2) is 33.7 Å². The van der Waals surface area contributed by atoms with Crippen LogP contribution in [0.3, 0.4) is 0 Å². The third kappa shape index (κ3) is 4.04. The summed E-state index contributed by atoms with van der Waals surface area (Å²) in [6.45, 7) is 3.20. The summed E-state index contributed by atoms with van der Waals surface area (Å²) in [5.74, 6) is -7.44. The first-order valence-corrected chi connectivity index (χ1v) is 4.49. The van der Waals surface area contributed by atoms with E-state index in [0.717, 1.165) is 12.2 Å². The SMILES string of the molecule is CC(C)C(=O)C=CC(C(=O)O)C(=O)C(=O)O. The molecule has 0 aromatic carbocycles. The molecule has 0 heterocycles. The molecular formula is C10H12O6. The number of Topliss-reactive ketones (excluding diaryl/α,β-unsaturated/α-hetero) is 1. The molecule has 1 unspecified atom stereocenters. The van der Waals surface area contributed by atoms with Gasteiger partial charge >= 0.3 is 11.9 Å². The maximum absolute atomic E-state index is 11.1. The van der Waals surface area contributed by atoms with Gasteiger partial charge < -0.3 is 10.2 Å². The van der Waals surface area contributed by atoms with Crippen LogP contribution in [-0.2, 0) is 19.2 Å². The van der Waals surface area contributed by atoms with E-state index in [2.05, 4.69) is 0 Å². The predicted molar refractivity (Wildman–Crippen MR) is 52.8 cm³/mol. The summed E-state index contributed by atoms with van der Waals surface area (Å²) in [7, 11) is 0. The molecule has 0 fully saturated rings. The highest BCUT2D eigenvalue weighted by Gasteiger charge is 2.29. The molecule has 0 saturated heterocycles. The standard InChI is InChI=1S/C10H12O6/c1-5(2)7(11)4-3-6(9(13)14)8(12)10(15)16/h3-6H,1-2H3,(H,13,14)(H,15,16). The zero-order chi connectivity index (χ0) is 12.9. The molecule has 1 atom stereocenters. The van der Waals surface area contributed by atoms with Crippen molar-refractivity contribution in [1.29, 1.82) is 0 Å². The molecule has 0 amide bonds. The third-order valence-electron chi connectivity index (χ3n) is 1.78. The van der Waals surface area contributed by atoms with Gasteiger partial charge in [0.1, 0.15) is 5.92 Å². The fourth-order valence-corrected chi connectivity index (χ4v) is 0.798. The van der Waals surface area contributed by atoms with E-state index in [9.17, 15) is 19.2 Å². The molecule has 0 aliphatic heterocycles. The molecule has 0 radical (unpaired) electrons. The number of carboxylic acids is 2. The molecule has 0 spiro atoms. The van der Waals surface area contributed by atoms with Crippen LogP contribution in [0.2, 0.25) is 0 Å². The van der Waals surface area contributed by atoms with Crippen molar-refractivity contribution >= 4 is 23.5 Å². The minimum atomic E-state index is -1.84. The number of carbonyl (C=O) groups is 4. The minimum absolute atomic E-state index is 0.342. The van der Waals surface area contributed by atoms with E-state index in [1.807, 2.05) is 0 Å². The van der Waals surface area contributed by atoms with E-state index in [1.54, 1.807) is 13.8 Å². The fourth-order valence-electron chi connectivity index (χ4n) is 0.798. The molecule has 0 aliphatic rings. The zero-order valence-electron chi connectivity index (χ0n) is 8.84. The van der Waals surface area contributed by atoms with Gasteiger partial charge in [-0.15, -0.1) is 0 Å². The van der Waals surface area contributed by atoms with Gasteiger partial charge in [-0.05, 0) is 6.08 Å². The van der Waals surface area contributed by atoms with Gasteiger partial charge in [0.05, 0.1) is 0 Å². The number of ketones is 2. The van der Waals surface area contributed by atoms with Gasteiger partial charge in [0.25, 0.3) is 5.78 Å². The van der Waals surface area contributed by atoms with Crippen LogP contribution in [0, 0.1) is 11.8 Å². The molecule has 0 aliphatic carbocycles. The van der Waals surface area contributed by atoms with E-state index < -0.39 is 23.6 Å². The molecule has 0 saturated carbocycles. The molecule has 16 heavy (non-hydrogen) atoms. The Morgan fingerprint density at radius 1 is 1.06 bits per heavy atom. The first-order chi connectivity index (χ1) is 7.27. The summed E-state index contributed by atoms with van der Waals surface area (Å²) in [5, 5.41) is 16.9. The summed E-state index contributed by atoms with van der Waals surface area (Å²) in [4.78, 5) is 42.9. The number of carboxylic acid groups (broad SMARTS) is 2. The Bertz CT molecular complexity index is 352. The van der Waals surface area contributed by atoms with Gasteiger partial charge in [-0.25, -0.2) is 4.79 Å². The Balaban J connectivity index is 4.85. The first-order valence-electron chi connectivity index (χ1n) is 4.49. The number of hydrogen-bond acceptors (Lipinski definition) is 4. The number of hydrogen-bond donors (Lipinski definition) is 2. The Morgan fingerprint density at radius 2 is 1.56 bits per heavy atom. The lowest BCUT2D eigenvalue weighted by atomic mass is 10.0. The van der Waals surface area contributed by atoms with Crippen LogP contribution in [0.25, 0.3) is 0 Å². The van der Waals surface area contributed by atoms with Gasteiger partial charge in [0, 0.05) is 5.92 Å². The van der Waals surface area contributed by atoms with Crippen LogP contribution >= 0.6 is 0 Å². The summed E-state index contributed by atoms with van der Waals surface area (Å²) in [6, 6.07) is 0. The van der Waals surface area contributed by atoms with E-state index in [4.69, 9.17) is 10.2 Å². The summed E-state index contributed by atoms with van der Waals surface area (Å²) >= 11 is 0. The molecule has 0 bridgehead atoms. The van der Waals surface area contributed by atoms with Gasteiger partial charge in [-0.1, -0.05) is 19.9 Å². The van der Waals surface area contributed by atoms with Crippen molar-refractivity contribution in [3.8, 4) is 0 Å². The van der Waals surface area contributed by atoms with Crippen molar-refractivity contribution in [3.05, 3.63) is 12.2 Å². The molecule has 6 nitrogen and oxygen atoms in total. The lowest BCUT2D eigenvalue weighted by Crippen LogP contribution is -2.28. The fraction of sp³-hybridized carbons (Fsp3) is 0.400. The van der Waals surface area contributed by atoms with Crippen LogP contribution in [0.5, 0.6) is 0 Å². The molecule has 6 heteroatoms. The third-order valence-corrected chi connectivity index (χ3v) is 1.78. The van der Waals surface area contributed by atoms with Crippen LogP contribution < -0.4 is 0 Å². The highest BCUT2D eigenvalue weighted by atomic mass is 16.4. The Morgan fingerprint density at radius 3 is 1.88 bits per heavy atom. The lowest BCUT2D eigenvalue weighted by molar-refractivity contribution is -0.155. The molecule has 88 valence electrons. The molecule has 0 aromatic heterocycles. The maximum Gasteiger partial charge on any atom is 0.373 e. The van der Waals surface area contributed by atoms with Crippen LogP contribution in [0.4, 0.5) is 0 Å². The monoisotopic (exact) mass is 228 g/mol. The van der Waals surface area contributed by atoms with E-state index in [1.165, 1.54) is 0 Å². The molecule has 0 rings (SSSR count).